The minimum Gasteiger partial charge on any atom is -0.316 e. The summed E-state index contributed by atoms with van der Waals surface area (Å²) in [5.41, 5.74) is 4.46. The first-order chi connectivity index (χ1) is 9.65. The van der Waals surface area contributed by atoms with Gasteiger partial charge in [0.05, 0.1) is 0 Å². The summed E-state index contributed by atoms with van der Waals surface area (Å²) in [6.07, 6.45) is 8.26. The number of aryl methyl sites for hydroxylation is 2. The maximum absolute atomic E-state index is 3.62. The lowest BCUT2D eigenvalue weighted by molar-refractivity contribution is 0.212. The van der Waals surface area contributed by atoms with Crippen molar-refractivity contribution >= 4 is 0 Å². The summed E-state index contributed by atoms with van der Waals surface area (Å²) in [6, 6.07) is 7.33. The van der Waals surface area contributed by atoms with Crippen LogP contribution in [0.2, 0.25) is 0 Å². The van der Waals surface area contributed by atoms with Crippen LogP contribution in [0.4, 0.5) is 0 Å². The van der Waals surface area contributed by atoms with Gasteiger partial charge in [0.2, 0.25) is 0 Å². The lowest BCUT2D eigenvalue weighted by Crippen LogP contribution is -2.38. The van der Waals surface area contributed by atoms with E-state index < -0.39 is 0 Å². The first-order valence-electron chi connectivity index (χ1n) is 8.38. The van der Waals surface area contributed by atoms with Crippen molar-refractivity contribution in [3.05, 3.63) is 34.9 Å². The molecule has 20 heavy (non-hydrogen) atoms. The highest BCUT2D eigenvalue weighted by molar-refractivity contribution is 5.34. The van der Waals surface area contributed by atoms with E-state index in [2.05, 4.69) is 51.3 Å². The SMILES string of the molecule is CCC1CCCC(C(Cc2c(C)cccc2C)NC)C1. The van der Waals surface area contributed by atoms with Crippen LogP contribution in [-0.2, 0) is 6.42 Å². The first-order valence-corrected chi connectivity index (χ1v) is 8.38. The zero-order valence-electron chi connectivity index (χ0n) is 13.7. The number of likely N-dealkylation sites (N-methyl/N-ethyl adjacent to an activating group) is 1. The lowest BCUT2D eigenvalue weighted by atomic mass is 9.75. The maximum atomic E-state index is 3.62. The molecule has 0 amide bonds. The van der Waals surface area contributed by atoms with Crippen molar-refractivity contribution < 1.29 is 0 Å². The molecule has 0 heterocycles. The van der Waals surface area contributed by atoms with Crippen LogP contribution in [0.3, 0.4) is 0 Å². The molecule has 1 aromatic carbocycles. The second-order valence-corrected chi connectivity index (χ2v) is 6.67. The fourth-order valence-corrected chi connectivity index (χ4v) is 3.96. The Kier molecular flexibility index (Phi) is 5.65. The lowest BCUT2D eigenvalue weighted by Gasteiger charge is -2.34. The topological polar surface area (TPSA) is 12.0 Å². The Morgan fingerprint density at radius 1 is 1.20 bits per heavy atom. The summed E-state index contributed by atoms with van der Waals surface area (Å²) < 4.78 is 0. The van der Waals surface area contributed by atoms with Crippen molar-refractivity contribution in [3.8, 4) is 0 Å². The molecule has 0 aromatic heterocycles. The Morgan fingerprint density at radius 2 is 1.90 bits per heavy atom. The molecule has 2 rings (SSSR count). The molecule has 1 aliphatic rings. The highest BCUT2D eigenvalue weighted by Crippen LogP contribution is 2.34. The van der Waals surface area contributed by atoms with Gasteiger partial charge < -0.3 is 5.32 Å². The number of nitrogens with one attached hydrogen (secondary N) is 1. The van der Waals surface area contributed by atoms with Crippen LogP contribution in [0, 0.1) is 25.7 Å². The molecule has 3 unspecified atom stereocenters. The number of benzene rings is 1. The van der Waals surface area contributed by atoms with Crippen LogP contribution in [-0.4, -0.2) is 13.1 Å². The summed E-state index contributed by atoms with van der Waals surface area (Å²) in [4.78, 5) is 0. The van der Waals surface area contributed by atoms with Crippen LogP contribution in [0.1, 0.15) is 55.7 Å². The smallest absolute Gasteiger partial charge is 0.0133 e. The average Bonchev–Trinajstić information content (AvgIpc) is 2.47. The Balaban J connectivity index is 2.08. The van der Waals surface area contributed by atoms with Gasteiger partial charge in [-0.3, -0.25) is 0 Å². The van der Waals surface area contributed by atoms with Gasteiger partial charge in [-0.25, -0.2) is 0 Å². The number of hydrogen-bond acceptors (Lipinski definition) is 1. The molecule has 1 heteroatoms. The van der Waals surface area contributed by atoms with Crippen LogP contribution in [0.25, 0.3) is 0 Å². The highest BCUT2D eigenvalue weighted by atomic mass is 14.9. The van der Waals surface area contributed by atoms with Gasteiger partial charge in [0.1, 0.15) is 0 Å². The van der Waals surface area contributed by atoms with Gasteiger partial charge in [-0.1, -0.05) is 44.4 Å². The molecule has 1 nitrogen and oxygen atoms in total. The molecule has 1 aromatic rings. The molecule has 1 saturated carbocycles. The van der Waals surface area contributed by atoms with E-state index in [9.17, 15) is 0 Å². The Hall–Kier alpha value is -0.820. The summed E-state index contributed by atoms with van der Waals surface area (Å²) >= 11 is 0. The number of hydrogen-bond donors (Lipinski definition) is 1. The summed E-state index contributed by atoms with van der Waals surface area (Å²) in [6.45, 7) is 6.86. The minimum absolute atomic E-state index is 0.643. The standard InChI is InChI=1S/C19H31N/c1-5-16-10-7-11-17(12-16)19(20-4)13-18-14(2)8-6-9-15(18)3/h6,8-9,16-17,19-20H,5,7,10-13H2,1-4H3. The summed E-state index contributed by atoms with van der Waals surface area (Å²) in [5.74, 6) is 1.82. The molecule has 0 bridgehead atoms. The number of rotatable bonds is 5. The van der Waals surface area contributed by atoms with Crippen molar-refractivity contribution in [3.63, 3.8) is 0 Å². The van der Waals surface area contributed by atoms with E-state index in [4.69, 9.17) is 0 Å². The highest BCUT2D eigenvalue weighted by Gasteiger charge is 2.27. The second-order valence-electron chi connectivity index (χ2n) is 6.67. The van der Waals surface area contributed by atoms with E-state index in [1.54, 1.807) is 5.56 Å². The van der Waals surface area contributed by atoms with E-state index in [1.165, 1.54) is 49.7 Å². The zero-order chi connectivity index (χ0) is 14.5. The van der Waals surface area contributed by atoms with Crippen molar-refractivity contribution in [2.45, 2.75) is 65.3 Å². The van der Waals surface area contributed by atoms with Crippen molar-refractivity contribution in [1.82, 2.24) is 5.32 Å². The molecule has 1 fully saturated rings. The fourth-order valence-electron chi connectivity index (χ4n) is 3.96. The molecule has 1 aliphatic carbocycles. The quantitative estimate of drug-likeness (QED) is 0.823. The normalized spacial score (nSPS) is 24.6. The van der Waals surface area contributed by atoms with Gasteiger partial charge in [0.25, 0.3) is 0 Å². The van der Waals surface area contributed by atoms with E-state index >= 15 is 0 Å². The van der Waals surface area contributed by atoms with Crippen molar-refractivity contribution in [1.29, 1.82) is 0 Å². The van der Waals surface area contributed by atoms with Gasteiger partial charge in [-0.05, 0) is 68.7 Å². The molecular formula is C19H31N. The van der Waals surface area contributed by atoms with Gasteiger partial charge >= 0.3 is 0 Å². The molecule has 1 N–H and O–H groups in total. The molecule has 112 valence electrons. The van der Waals surface area contributed by atoms with E-state index in [0.29, 0.717) is 6.04 Å². The van der Waals surface area contributed by atoms with Crippen molar-refractivity contribution in [2.75, 3.05) is 7.05 Å². The van der Waals surface area contributed by atoms with Gasteiger partial charge in [-0.2, -0.15) is 0 Å². The van der Waals surface area contributed by atoms with Crippen LogP contribution >= 0.6 is 0 Å². The molecular weight excluding hydrogens is 242 g/mol. The first kappa shape index (κ1) is 15.6. The third kappa shape index (κ3) is 3.63. The third-order valence-electron chi connectivity index (χ3n) is 5.41. The third-order valence-corrected chi connectivity index (χ3v) is 5.41. The maximum Gasteiger partial charge on any atom is 0.0133 e. The predicted octanol–water partition coefficient (Wildman–Crippen LogP) is 4.65. The minimum atomic E-state index is 0.643. The Bertz CT molecular complexity index is 404. The fraction of sp³-hybridized carbons (Fsp3) is 0.684. The molecule has 0 saturated heterocycles. The van der Waals surface area contributed by atoms with E-state index in [1.807, 2.05) is 0 Å². The van der Waals surface area contributed by atoms with Crippen molar-refractivity contribution in [2.24, 2.45) is 11.8 Å². The van der Waals surface area contributed by atoms with Gasteiger partial charge in [-0.15, -0.1) is 0 Å². The molecule has 0 spiro atoms. The van der Waals surface area contributed by atoms with E-state index in [-0.39, 0.29) is 0 Å². The molecule has 0 aliphatic heterocycles. The Morgan fingerprint density at radius 3 is 2.50 bits per heavy atom. The summed E-state index contributed by atoms with van der Waals surface area (Å²) in [5, 5.41) is 3.62. The largest absolute Gasteiger partial charge is 0.316 e. The van der Waals surface area contributed by atoms with Crippen LogP contribution in [0.15, 0.2) is 18.2 Å². The monoisotopic (exact) mass is 273 g/mol. The predicted molar refractivity (Wildman–Crippen MR) is 88.2 cm³/mol. The van der Waals surface area contributed by atoms with Crippen LogP contribution < -0.4 is 5.32 Å². The van der Waals surface area contributed by atoms with Gasteiger partial charge in [0.15, 0.2) is 0 Å². The molecule has 0 radical (unpaired) electrons. The average molecular weight is 273 g/mol. The Labute approximate surface area is 125 Å². The van der Waals surface area contributed by atoms with E-state index in [0.717, 1.165) is 11.8 Å². The summed E-state index contributed by atoms with van der Waals surface area (Å²) in [7, 11) is 2.15. The second kappa shape index (κ2) is 7.26. The van der Waals surface area contributed by atoms with Gasteiger partial charge in [0, 0.05) is 6.04 Å². The molecule has 3 atom stereocenters. The zero-order valence-corrected chi connectivity index (χ0v) is 13.7. The van der Waals surface area contributed by atoms with Crippen LogP contribution in [0.5, 0.6) is 0 Å².